The first kappa shape index (κ1) is 13.1. The zero-order valence-corrected chi connectivity index (χ0v) is 10.6. The number of rotatable bonds is 4. The molecular formula is C9H12ClNO4S. The lowest BCUT2D eigenvalue weighted by molar-refractivity contribution is 0.361. The summed E-state index contributed by atoms with van der Waals surface area (Å²) in [6.45, 7) is 0. The van der Waals surface area contributed by atoms with E-state index in [4.69, 9.17) is 31.0 Å². The Balaban J connectivity index is 3.57. The summed E-state index contributed by atoms with van der Waals surface area (Å²) >= 11 is 5.99. The first-order chi connectivity index (χ1) is 7.56. The van der Waals surface area contributed by atoms with Crippen LogP contribution in [0.15, 0.2) is 11.0 Å². The van der Waals surface area contributed by atoms with Crippen molar-refractivity contribution in [1.82, 2.24) is 0 Å². The van der Waals surface area contributed by atoms with Gasteiger partial charge in [0.25, 0.3) is 0 Å². The third kappa shape index (κ3) is 2.23. The normalized spacial score (nSPS) is 12.1. The van der Waals surface area contributed by atoms with Gasteiger partial charge in [0.1, 0.15) is 32.4 Å². The molecule has 90 valence electrons. The molecule has 7 heteroatoms. The minimum absolute atomic E-state index is 0.193. The van der Waals surface area contributed by atoms with E-state index in [1.807, 2.05) is 0 Å². The summed E-state index contributed by atoms with van der Waals surface area (Å²) in [6, 6.07) is 1.50. The molecule has 0 aliphatic heterocycles. The van der Waals surface area contributed by atoms with Crippen molar-refractivity contribution in [3.05, 3.63) is 11.1 Å². The van der Waals surface area contributed by atoms with Crippen molar-refractivity contribution >= 4 is 22.6 Å². The van der Waals surface area contributed by atoms with Crippen LogP contribution in [0.25, 0.3) is 0 Å². The molecule has 0 saturated carbocycles. The molecule has 1 aromatic carbocycles. The number of hydrogen-bond acceptors (Lipinski definition) is 4. The maximum absolute atomic E-state index is 11.4. The number of halogens is 1. The molecule has 1 aromatic rings. The van der Waals surface area contributed by atoms with Gasteiger partial charge in [-0.05, 0) is 0 Å². The first-order valence-electron chi connectivity index (χ1n) is 4.21. The number of methoxy groups -OCH3 is 3. The number of nitrogens with two attached hydrogens (primary N) is 1. The monoisotopic (exact) mass is 265 g/mol. The molecule has 0 heterocycles. The van der Waals surface area contributed by atoms with Crippen molar-refractivity contribution in [3.63, 3.8) is 0 Å². The largest absolute Gasteiger partial charge is 0.495 e. The number of ether oxygens (including phenoxy) is 3. The summed E-state index contributed by atoms with van der Waals surface area (Å²) in [5, 5.41) is 5.55. The molecule has 0 aromatic heterocycles. The number of hydrogen-bond donors (Lipinski definition) is 1. The van der Waals surface area contributed by atoms with E-state index in [1.165, 1.54) is 27.4 Å². The van der Waals surface area contributed by atoms with E-state index in [0.717, 1.165) is 0 Å². The van der Waals surface area contributed by atoms with Gasteiger partial charge in [-0.2, -0.15) is 0 Å². The summed E-state index contributed by atoms with van der Waals surface area (Å²) in [7, 11) is 2.52. The average molecular weight is 266 g/mol. The average Bonchev–Trinajstić information content (AvgIpc) is 2.27. The fraction of sp³-hybridized carbons (Fsp3) is 0.333. The third-order valence-corrected chi connectivity index (χ3v) is 3.10. The summed E-state index contributed by atoms with van der Waals surface area (Å²) in [4.78, 5) is 0.204. The Labute approximate surface area is 101 Å². The van der Waals surface area contributed by atoms with Crippen molar-refractivity contribution in [2.45, 2.75) is 4.90 Å². The second kappa shape index (κ2) is 5.38. The lowest BCUT2D eigenvalue weighted by atomic mass is 10.3. The Hall–Kier alpha value is -0.980. The Bertz CT molecular complexity index is 424. The molecule has 16 heavy (non-hydrogen) atoms. The number of benzene rings is 1. The molecule has 0 spiro atoms. The Morgan fingerprint density at radius 2 is 1.75 bits per heavy atom. The molecule has 0 aliphatic carbocycles. The first-order valence-corrected chi connectivity index (χ1v) is 5.80. The van der Waals surface area contributed by atoms with Gasteiger partial charge < -0.3 is 14.2 Å². The summed E-state index contributed by atoms with van der Waals surface area (Å²) < 4.78 is 26.5. The smallest absolute Gasteiger partial charge is 0.162 e. The Morgan fingerprint density at radius 1 is 1.19 bits per heavy atom. The molecule has 0 saturated heterocycles. The highest BCUT2D eigenvalue weighted by atomic mass is 35.5. The van der Waals surface area contributed by atoms with Crippen LogP contribution in [0.3, 0.4) is 0 Å². The molecule has 0 aliphatic rings. The van der Waals surface area contributed by atoms with Gasteiger partial charge in [-0.15, -0.1) is 0 Å². The molecule has 1 rings (SSSR count). The molecule has 2 N–H and O–H groups in total. The van der Waals surface area contributed by atoms with Crippen molar-refractivity contribution in [1.29, 1.82) is 0 Å². The van der Waals surface area contributed by atoms with Gasteiger partial charge >= 0.3 is 0 Å². The quantitative estimate of drug-likeness (QED) is 0.892. The lowest BCUT2D eigenvalue weighted by Crippen LogP contribution is -2.08. The fourth-order valence-electron chi connectivity index (χ4n) is 1.24. The second-order valence-electron chi connectivity index (χ2n) is 2.75. The zero-order valence-electron chi connectivity index (χ0n) is 9.07. The van der Waals surface area contributed by atoms with E-state index in [0.29, 0.717) is 11.5 Å². The predicted molar refractivity (Wildman–Crippen MR) is 61.7 cm³/mol. The fourth-order valence-corrected chi connectivity index (χ4v) is 2.31. The predicted octanol–water partition coefficient (Wildman–Crippen LogP) is 1.35. The zero-order chi connectivity index (χ0) is 12.3. The summed E-state index contributed by atoms with van der Waals surface area (Å²) in [5.74, 6) is 0.863. The molecule has 0 bridgehead atoms. The van der Waals surface area contributed by atoms with Crippen LogP contribution in [0, 0.1) is 0 Å². The SMILES string of the molecule is COc1cc(OC)c(S(N)=O)c(OC)c1Cl. The lowest BCUT2D eigenvalue weighted by Gasteiger charge is -2.14. The van der Waals surface area contributed by atoms with Crippen LogP contribution < -0.4 is 19.3 Å². The summed E-state index contributed by atoms with van der Waals surface area (Å²) in [6.07, 6.45) is 0. The molecule has 0 fully saturated rings. The van der Waals surface area contributed by atoms with Crippen LogP contribution >= 0.6 is 11.6 Å². The van der Waals surface area contributed by atoms with Crippen LogP contribution in [-0.4, -0.2) is 25.5 Å². The molecule has 5 nitrogen and oxygen atoms in total. The Kier molecular flexibility index (Phi) is 4.40. The topological polar surface area (TPSA) is 70.8 Å². The van der Waals surface area contributed by atoms with Crippen molar-refractivity contribution in [3.8, 4) is 17.2 Å². The highest BCUT2D eigenvalue weighted by molar-refractivity contribution is 7.83. The van der Waals surface area contributed by atoms with Crippen molar-refractivity contribution in [2.24, 2.45) is 5.14 Å². The van der Waals surface area contributed by atoms with E-state index >= 15 is 0 Å². The summed E-state index contributed by atoms with van der Waals surface area (Å²) in [5.41, 5.74) is 0. The molecular weight excluding hydrogens is 254 g/mol. The minimum atomic E-state index is -1.76. The van der Waals surface area contributed by atoms with Crippen LogP contribution in [0.5, 0.6) is 17.2 Å². The van der Waals surface area contributed by atoms with Gasteiger partial charge in [-0.25, -0.2) is 9.35 Å². The second-order valence-corrected chi connectivity index (χ2v) is 4.14. The van der Waals surface area contributed by atoms with Crippen molar-refractivity contribution in [2.75, 3.05) is 21.3 Å². The standard InChI is InChI=1S/C9H12ClNO4S/c1-13-5-4-6(14-2)9(16(11)12)8(15-3)7(5)10/h4H,11H2,1-3H3. The van der Waals surface area contributed by atoms with Gasteiger partial charge in [-0.3, -0.25) is 0 Å². The molecule has 0 radical (unpaired) electrons. The van der Waals surface area contributed by atoms with E-state index in [2.05, 4.69) is 0 Å². The highest BCUT2D eigenvalue weighted by Gasteiger charge is 2.22. The van der Waals surface area contributed by atoms with Crippen LogP contribution in [0.4, 0.5) is 0 Å². The van der Waals surface area contributed by atoms with Gasteiger partial charge in [0, 0.05) is 6.07 Å². The van der Waals surface area contributed by atoms with Crippen molar-refractivity contribution < 1.29 is 18.4 Å². The Morgan fingerprint density at radius 3 is 2.12 bits per heavy atom. The highest BCUT2D eigenvalue weighted by Crippen LogP contribution is 2.43. The molecule has 1 atom stereocenters. The van der Waals surface area contributed by atoms with E-state index < -0.39 is 11.0 Å². The maximum atomic E-state index is 11.4. The maximum Gasteiger partial charge on any atom is 0.162 e. The van der Waals surface area contributed by atoms with Gasteiger partial charge in [0.05, 0.1) is 21.3 Å². The third-order valence-electron chi connectivity index (χ3n) is 1.95. The van der Waals surface area contributed by atoms with Crippen LogP contribution in [0.2, 0.25) is 5.02 Å². The van der Waals surface area contributed by atoms with Crippen LogP contribution in [-0.2, 0) is 11.0 Å². The van der Waals surface area contributed by atoms with Gasteiger partial charge in [-0.1, -0.05) is 11.6 Å². The molecule has 0 amide bonds. The van der Waals surface area contributed by atoms with Gasteiger partial charge in [0.2, 0.25) is 0 Å². The minimum Gasteiger partial charge on any atom is -0.495 e. The van der Waals surface area contributed by atoms with E-state index in [9.17, 15) is 4.21 Å². The van der Waals surface area contributed by atoms with Gasteiger partial charge in [0.15, 0.2) is 5.75 Å². The molecule has 1 unspecified atom stereocenters. The van der Waals surface area contributed by atoms with Crippen LogP contribution in [0.1, 0.15) is 0 Å². The van der Waals surface area contributed by atoms with E-state index in [1.54, 1.807) is 0 Å². The van der Waals surface area contributed by atoms with E-state index in [-0.39, 0.29) is 15.7 Å².